The van der Waals surface area contributed by atoms with Crippen molar-refractivity contribution in [2.45, 2.75) is 123 Å². The zero-order valence-corrected chi connectivity index (χ0v) is 25.5. The molecule has 2 saturated heterocycles. The van der Waals surface area contributed by atoms with Crippen molar-refractivity contribution in [3.05, 3.63) is 35.1 Å². The zero-order valence-electron chi connectivity index (χ0n) is 25.5. The predicted molar refractivity (Wildman–Crippen MR) is 159 cm³/mol. The minimum Gasteiger partial charge on any atom is -0.469 e. The first-order valence-electron chi connectivity index (χ1n) is 16.3. The number of hydrogen-bond acceptors (Lipinski definition) is 6. The van der Waals surface area contributed by atoms with Crippen molar-refractivity contribution >= 4 is 0 Å². The second-order valence-corrected chi connectivity index (χ2v) is 12.7. The molecular weight excluding hydrogens is 504 g/mol. The Labute approximate surface area is 243 Å². The summed E-state index contributed by atoms with van der Waals surface area (Å²) in [7, 11) is 0. The van der Waals surface area contributed by atoms with Gasteiger partial charge in [0.15, 0.2) is 12.6 Å². The van der Waals surface area contributed by atoms with Crippen LogP contribution in [0.5, 0.6) is 0 Å². The van der Waals surface area contributed by atoms with Crippen molar-refractivity contribution in [1.29, 1.82) is 0 Å². The lowest BCUT2D eigenvalue weighted by molar-refractivity contribution is -0.200. The van der Waals surface area contributed by atoms with Crippen molar-refractivity contribution in [1.82, 2.24) is 0 Å². The monoisotopic (exact) mass is 560 g/mol. The maximum atomic E-state index is 9.06. The summed E-state index contributed by atoms with van der Waals surface area (Å²) in [6, 6.07) is 0. The number of rotatable bonds is 16. The van der Waals surface area contributed by atoms with Gasteiger partial charge >= 0.3 is 0 Å². The van der Waals surface area contributed by atoms with Gasteiger partial charge < -0.3 is 28.8 Å². The summed E-state index contributed by atoms with van der Waals surface area (Å²) in [5.74, 6) is 2.97. The summed E-state index contributed by atoms with van der Waals surface area (Å²) in [5, 5.41) is 9.06. The molecule has 2 aliphatic heterocycles. The van der Waals surface area contributed by atoms with E-state index in [-0.39, 0.29) is 31.2 Å². The lowest BCUT2D eigenvalue weighted by Gasteiger charge is -2.34. The van der Waals surface area contributed by atoms with Gasteiger partial charge in [-0.2, -0.15) is 0 Å². The van der Waals surface area contributed by atoms with E-state index >= 15 is 0 Å². The van der Waals surface area contributed by atoms with Crippen LogP contribution in [0, 0.1) is 23.7 Å². The van der Waals surface area contributed by atoms with Crippen molar-refractivity contribution in [2.24, 2.45) is 23.7 Å². The molecule has 2 aliphatic carbocycles. The van der Waals surface area contributed by atoms with Gasteiger partial charge in [0, 0.05) is 18.9 Å². The third kappa shape index (κ3) is 9.97. The van der Waals surface area contributed by atoms with E-state index in [4.69, 9.17) is 28.8 Å². The highest BCUT2D eigenvalue weighted by molar-refractivity contribution is 5.23. The number of aliphatic hydroxyl groups is 1. The minimum absolute atomic E-state index is 0.0803. The number of aliphatic hydroxyl groups excluding tert-OH is 1. The fourth-order valence-corrected chi connectivity index (χ4v) is 6.91. The Balaban J connectivity index is 1.47. The van der Waals surface area contributed by atoms with Crippen molar-refractivity contribution < 1.29 is 28.8 Å². The van der Waals surface area contributed by atoms with Crippen LogP contribution in [0.2, 0.25) is 0 Å². The highest BCUT2D eigenvalue weighted by atomic mass is 16.7. The topological polar surface area (TPSA) is 66.4 Å². The summed E-state index contributed by atoms with van der Waals surface area (Å²) >= 11 is 0. The molecule has 6 heteroatoms. The quantitative estimate of drug-likeness (QED) is 0.120. The van der Waals surface area contributed by atoms with Crippen LogP contribution in [0.3, 0.4) is 0 Å². The van der Waals surface area contributed by atoms with Gasteiger partial charge in [-0.05, 0) is 115 Å². The third-order valence-electron chi connectivity index (χ3n) is 9.08. The molecule has 228 valence electrons. The standard InChI is InChI=1S/C34H56O6/c1-25(2)10-8-11-26(3)12-9-13-30(39-32-14-4-6-18-37-32)34-29-23-27(16-20-36-21-17-35)22-28(29)24-31(34)40-33-15-5-7-19-38-33/h10,13,22,26,28-29,31-35H,4-9,11-12,14-21,23-24H2,1-3H3/t26-,28-,29-,31+,32?,33?,34-/m1/s1. The lowest BCUT2D eigenvalue weighted by Crippen LogP contribution is -2.34. The van der Waals surface area contributed by atoms with Gasteiger partial charge in [0.05, 0.1) is 32.5 Å². The average Bonchev–Trinajstić information content (AvgIpc) is 3.48. The van der Waals surface area contributed by atoms with E-state index in [9.17, 15) is 0 Å². The summed E-state index contributed by atoms with van der Waals surface area (Å²) in [4.78, 5) is 0. The van der Waals surface area contributed by atoms with Gasteiger partial charge in [0.25, 0.3) is 0 Å². The molecule has 0 aromatic carbocycles. The van der Waals surface area contributed by atoms with Crippen LogP contribution in [0.25, 0.3) is 0 Å². The van der Waals surface area contributed by atoms with E-state index < -0.39 is 0 Å². The van der Waals surface area contributed by atoms with E-state index in [1.807, 2.05) is 0 Å². The van der Waals surface area contributed by atoms with Gasteiger partial charge in [-0.25, -0.2) is 0 Å². The second-order valence-electron chi connectivity index (χ2n) is 12.7. The van der Waals surface area contributed by atoms with Gasteiger partial charge in [-0.3, -0.25) is 0 Å². The van der Waals surface area contributed by atoms with Crippen molar-refractivity contribution in [2.75, 3.05) is 33.0 Å². The highest BCUT2D eigenvalue weighted by Gasteiger charge is 2.49. The Morgan fingerprint density at radius 1 is 1.00 bits per heavy atom. The molecule has 2 heterocycles. The van der Waals surface area contributed by atoms with E-state index in [1.165, 1.54) is 30.4 Å². The number of fused-ring (bicyclic) bond motifs is 1. The fraction of sp³-hybridized carbons (Fsp3) is 0.824. The predicted octanol–water partition coefficient (Wildman–Crippen LogP) is 7.47. The molecule has 4 aliphatic rings. The molecule has 4 rings (SSSR count). The summed E-state index contributed by atoms with van der Waals surface area (Å²) in [6.45, 7) is 9.49. The molecule has 0 aromatic rings. The molecule has 3 fully saturated rings. The van der Waals surface area contributed by atoms with E-state index in [1.54, 1.807) is 0 Å². The minimum atomic E-state index is -0.151. The van der Waals surface area contributed by atoms with Gasteiger partial charge in [-0.1, -0.05) is 30.2 Å². The Morgan fingerprint density at radius 3 is 2.40 bits per heavy atom. The third-order valence-corrected chi connectivity index (χ3v) is 9.08. The smallest absolute Gasteiger partial charge is 0.199 e. The molecule has 0 spiro atoms. The van der Waals surface area contributed by atoms with Crippen LogP contribution in [-0.2, 0) is 23.7 Å². The Kier molecular flexibility index (Phi) is 13.5. The maximum absolute atomic E-state index is 9.06. The SMILES string of the molecule is CC(C)=CCC[C@@H](C)CCC=C(OC1CCCCO1)[C@H]1[C@@H]2CC(CCOCCO)=C[C@@H]2C[C@@H]1OC1CCCCO1. The molecule has 0 aromatic heterocycles. The Hall–Kier alpha value is -1.18. The Bertz CT molecular complexity index is 818. The molecule has 2 unspecified atom stereocenters. The van der Waals surface area contributed by atoms with Crippen LogP contribution >= 0.6 is 0 Å². The number of hydrogen-bond donors (Lipinski definition) is 1. The molecule has 40 heavy (non-hydrogen) atoms. The molecule has 0 bridgehead atoms. The molecule has 1 N–H and O–H groups in total. The zero-order chi connectivity index (χ0) is 28.2. The number of allylic oxidation sites excluding steroid dienone is 4. The van der Waals surface area contributed by atoms with E-state index in [2.05, 4.69) is 39.0 Å². The fourth-order valence-electron chi connectivity index (χ4n) is 6.91. The highest BCUT2D eigenvalue weighted by Crippen LogP contribution is 2.52. The van der Waals surface area contributed by atoms with Crippen LogP contribution < -0.4 is 0 Å². The molecular formula is C34H56O6. The Morgan fingerprint density at radius 2 is 1.73 bits per heavy atom. The van der Waals surface area contributed by atoms with Crippen LogP contribution in [0.15, 0.2) is 35.1 Å². The van der Waals surface area contributed by atoms with Crippen LogP contribution in [0.1, 0.15) is 104 Å². The van der Waals surface area contributed by atoms with Gasteiger partial charge in [0.1, 0.15) is 5.76 Å². The van der Waals surface area contributed by atoms with Crippen molar-refractivity contribution in [3.63, 3.8) is 0 Å². The summed E-state index contributed by atoms with van der Waals surface area (Å²) < 4.78 is 31.2. The summed E-state index contributed by atoms with van der Waals surface area (Å²) in [5.41, 5.74) is 2.88. The first-order chi connectivity index (χ1) is 19.5. The van der Waals surface area contributed by atoms with Crippen LogP contribution in [-0.4, -0.2) is 56.8 Å². The van der Waals surface area contributed by atoms with Gasteiger partial charge in [-0.15, -0.1) is 0 Å². The van der Waals surface area contributed by atoms with Gasteiger partial charge in [0.2, 0.25) is 0 Å². The van der Waals surface area contributed by atoms with E-state index in [0.29, 0.717) is 31.0 Å². The van der Waals surface area contributed by atoms with Crippen LogP contribution in [0.4, 0.5) is 0 Å². The molecule has 6 nitrogen and oxygen atoms in total. The van der Waals surface area contributed by atoms with Crippen molar-refractivity contribution in [3.8, 4) is 0 Å². The molecule has 7 atom stereocenters. The lowest BCUT2D eigenvalue weighted by atomic mass is 9.87. The first-order valence-corrected chi connectivity index (χ1v) is 16.3. The van der Waals surface area contributed by atoms with E-state index in [0.717, 1.165) is 83.2 Å². The largest absolute Gasteiger partial charge is 0.469 e. The maximum Gasteiger partial charge on any atom is 0.199 e. The molecule has 1 saturated carbocycles. The average molecular weight is 561 g/mol. The molecule has 0 amide bonds. The normalized spacial score (nSPS) is 31.5. The first kappa shape index (κ1) is 31.7. The number of ether oxygens (including phenoxy) is 5. The summed E-state index contributed by atoms with van der Waals surface area (Å²) in [6.07, 6.45) is 21.2. The second kappa shape index (κ2) is 17.1. The molecule has 0 radical (unpaired) electrons.